The van der Waals surface area contributed by atoms with E-state index in [0.717, 1.165) is 0 Å². The van der Waals surface area contributed by atoms with Gasteiger partial charge in [0, 0.05) is 24.7 Å². The number of aliphatic hydroxyl groups excluding tert-OH is 1. The molecule has 9 N–H and O–H groups in total. The number of nitrogens with two attached hydrogens (primary N) is 1. The number of carboxylic acid groups (broad SMARTS) is 2. The van der Waals surface area contributed by atoms with Gasteiger partial charge in [0.2, 0.25) is 17.7 Å². The van der Waals surface area contributed by atoms with Crippen LogP contribution < -0.4 is 21.7 Å². The van der Waals surface area contributed by atoms with Crippen molar-refractivity contribution in [2.24, 2.45) is 5.73 Å². The molecule has 3 amide bonds. The summed E-state index contributed by atoms with van der Waals surface area (Å²) in [6.45, 7) is 0.470. The van der Waals surface area contributed by atoms with Crippen LogP contribution in [0.25, 0.3) is 0 Å². The summed E-state index contributed by atoms with van der Waals surface area (Å²) in [6.07, 6.45) is 2.18. The van der Waals surface area contributed by atoms with E-state index in [9.17, 15) is 29.1 Å². The third-order valence-corrected chi connectivity index (χ3v) is 4.16. The molecule has 1 rings (SSSR count). The fraction of sp³-hybridized carbons (Fsp3) is 0.529. The molecule has 4 unspecified atom stereocenters. The van der Waals surface area contributed by atoms with E-state index < -0.39 is 66.9 Å². The maximum atomic E-state index is 12.3. The molecule has 0 bridgehead atoms. The second kappa shape index (κ2) is 12.2. The first kappa shape index (κ1) is 25.5. The molecule has 0 aliphatic carbocycles. The summed E-state index contributed by atoms with van der Waals surface area (Å²) in [4.78, 5) is 64.9. The van der Waals surface area contributed by atoms with Crippen LogP contribution in [-0.2, 0) is 30.4 Å². The van der Waals surface area contributed by atoms with E-state index in [1.807, 2.05) is 0 Å². The van der Waals surface area contributed by atoms with Crippen molar-refractivity contribution in [3.8, 4) is 0 Å². The molecular formula is C17H26N6O8. The van der Waals surface area contributed by atoms with Gasteiger partial charge in [0.15, 0.2) is 0 Å². The maximum Gasteiger partial charge on any atom is 0.326 e. The first-order chi connectivity index (χ1) is 14.5. The molecule has 0 radical (unpaired) electrons. The number of nitrogens with zero attached hydrogens (tertiary/aromatic N) is 1. The third-order valence-electron chi connectivity index (χ3n) is 4.16. The molecule has 4 atom stereocenters. The predicted octanol–water partition coefficient (Wildman–Crippen LogP) is -3.30. The molecule has 0 saturated carbocycles. The molecule has 0 aliphatic heterocycles. The molecule has 14 heteroatoms. The van der Waals surface area contributed by atoms with Crippen molar-refractivity contribution in [3.05, 3.63) is 18.2 Å². The summed E-state index contributed by atoms with van der Waals surface area (Å²) in [6, 6.07) is -5.13. The number of carboxylic acids is 2. The Balaban J connectivity index is 2.60. The second-order valence-corrected chi connectivity index (χ2v) is 6.69. The zero-order chi connectivity index (χ0) is 23.6. The summed E-state index contributed by atoms with van der Waals surface area (Å²) >= 11 is 0. The minimum absolute atomic E-state index is 0.148. The van der Waals surface area contributed by atoms with Crippen LogP contribution in [0.4, 0.5) is 0 Å². The Hall–Kier alpha value is -3.52. The van der Waals surface area contributed by atoms with Crippen LogP contribution in [0.1, 0.15) is 25.5 Å². The Morgan fingerprint density at radius 1 is 1.06 bits per heavy atom. The van der Waals surface area contributed by atoms with Crippen LogP contribution in [-0.4, -0.2) is 85.7 Å². The molecular weight excluding hydrogens is 416 g/mol. The zero-order valence-electron chi connectivity index (χ0n) is 16.7. The van der Waals surface area contributed by atoms with Gasteiger partial charge < -0.3 is 42.0 Å². The Kier molecular flexibility index (Phi) is 10.1. The normalized spacial score (nSPS) is 14.5. The summed E-state index contributed by atoms with van der Waals surface area (Å²) < 4.78 is 0. The van der Waals surface area contributed by atoms with Crippen LogP contribution >= 0.6 is 0 Å². The van der Waals surface area contributed by atoms with Crippen molar-refractivity contribution in [2.45, 2.75) is 50.4 Å². The number of carbonyl (C=O) groups is 5. The average molecular weight is 442 g/mol. The number of aliphatic carboxylic acids is 2. The number of carbonyl (C=O) groups excluding carboxylic acids is 3. The van der Waals surface area contributed by atoms with Crippen molar-refractivity contribution in [1.82, 2.24) is 25.9 Å². The quantitative estimate of drug-likeness (QED) is 0.151. The number of amides is 3. The molecule has 0 fully saturated rings. The summed E-state index contributed by atoms with van der Waals surface area (Å²) in [5, 5.41) is 33.7. The number of H-pyrrole nitrogens is 1. The lowest BCUT2D eigenvalue weighted by Gasteiger charge is -2.22. The summed E-state index contributed by atoms with van der Waals surface area (Å²) in [5.74, 6) is -5.20. The molecule has 1 aromatic rings. The van der Waals surface area contributed by atoms with Crippen LogP contribution in [0, 0.1) is 0 Å². The molecule has 0 spiro atoms. The van der Waals surface area contributed by atoms with Gasteiger partial charge in [-0.05, 0) is 13.3 Å². The van der Waals surface area contributed by atoms with Gasteiger partial charge in [-0.1, -0.05) is 0 Å². The van der Waals surface area contributed by atoms with Crippen molar-refractivity contribution in [2.75, 3.05) is 6.61 Å². The molecule has 0 aliphatic rings. The number of aromatic nitrogens is 2. The van der Waals surface area contributed by atoms with Gasteiger partial charge in [-0.3, -0.25) is 19.2 Å². The molecule has 0 saturated heterocycles. The van der Waals surface area contributed by atoms with Gasteiger partial charge in [-0.25, -0.2) is 9.78 Å². The van der Waals surface area contributed by atoms with E-state index in [1.54, 1.807) is 0 Å². The van der Waals surface area contributed by atoms with Crippen molar-refractivity contribution in [3.63, 3.8) is 0 Å². The van der Waals surface area contributed by atoms with E-state index in [4.69, 9.17) is 15.9 Å². The minimum Gasteiger partial charge on any atom is -0.481 e. The highest BCUT2D eigenvalue weighted by molar-refractivity contribution is 5.94. The van der Waals surface area contributed by atoms with E-state index >= 15 is 0 Å². The molecule has 0 aromatic carbocycles. The fourth-order valence-corrected chi connectivity index (χ4v) is 2.40. The number of aromatic amines is 1. The largest absolute Gasteiger partial charge is 0.481 e. The first-order valence-corrected chi connectivity index (χ1v) is 9.24. The monoisotopic (exact) mass is 442 g/mol. The summed E-state index contributed by atoms with van der Waals surface area (Å²) in [7, 11) is 0. The van der Waals surface area contributed by atoms with Crippen molar-refractivity contribution in [1.29, 1.82) is 0 Å². The van der Waals surface area contributed by atoms with E-state index in [1.165, 1.54) is 19.4 Å². The molecule has 1 heterocycles. The molecule has 172 valence electrons. The Bertz CT molecular complexity index is 784. The van der Waals surface area contributed by atoms with Gasteiger partial charge in [0.1, 0.15) is 18.1 Å². The topological polar surface area (TPSA) is 237 Å². The Labute approximate surface area is 176 Å². The SMILES string of the molecule is CC(NC(=O)C(N)Cc1cnc[nH]1)C(=O)NC(CO)C(=O)NC(CCC(=O)O)C(=O)O. The van der Waals surface area contributed by atoms with Gasteiger partial charge in [0.05, 0.1) is 19.0 Å². The maximum absolute atomic E-state index is 12.3. The highest BCUT2D eigenvalue weighted by atomic mass is 16.4. The molecule has 31 heavy (non-hydrogen) atoms. The number of imidazole rings is 1. The standard InChI is InChI=1S/C17H26N6O8/c1-8(21-15(28)10(18)4-9-5-19-7-20-9)14(27)23-12(6-24)16(29)22-11(17(30)31)2-3-13(25)26/h5,7-8,10-12,24H,2-4,6,18H2,1H3,(H,19,20)(H,21,28)(H,22,29)(H,23,27)(H,25,26)(H,30,31). The highest BCUT2D eigenvalue weighted by Gasteiger charge is 2.28. The Morgan fingerprint density at radius 3 is 2.23 bits per heavy atom. The number of hydrogen-bond donors (Lipinski definition) is 8. The van der Waals surface area contributed by atoms with Crippen LogP contribution in [0.15, 0.2) is 12.5 Å². The predicted molar refractivity (Wildman–Crippen MR) is 103 cm³/mol. The number of aliphatic hydroxyl groups is 1. The van der Waals surface area contributed by atoms with Gasteiger partial charge in [-0.2, -0.15) is 0 Å². The number of nitrogens with one attached hydrogen (secondary N) is 4. The Morgan fingerprint density at radius 2 is 1.71 bits per heavy atom. The lowest BCUT2D eigenvalue weighted by Crippen LogP contribution is -2.57. The van der Waals surface area contributed by atoms with E-state index in [0.29, 0.717) is 5.69 Å². The molecule has 1 aromatic heterocycles. The lowest BCUT2D eigenvalue weighted by atomic mass is 10.1. The van der Waals surface area contributed by atoms with Crippen LogP contribution in [0.5, 0.6) is 0 Å². The number of rotatable bonds is 13. The lowest BCUT2D eigenvalue weighted by molar-refractivity contribution is -0.143. The van der Waals surface area contributed by atoms with E-state index in [-0.39, 0.29) is 12.8 Å². The minimum atomic E-state index is -1.52. The van der Waals surface area contributed by atoms with Gasteiger partial charge >= 0.3 is 11.9 Å². The second-order valence-electron chi connectivity index (χ2n) is 6.69. The fourth-order valence-electron chi connectivity index (χ4n) is 2.40. The molecule has 14 nitrogen and oxygen atoms in total. The van der Waals surface area contributed by atoms with Gasteiger partial charge in [-0.15, -0.1) is 0 Å². The van der Waals surface area contributed by atoms with Crippen molar-refractivity contribution >= 4 is 29.7 Å². The van der Waals surface area contributed by atoms with Crippen LogP contribution in [0.2, 0.25) is 0 Å². The van der Waals surface area contributed by atoms with Crippen molar-refractivity contribution < 1.29 is 39.3 Å². The van der Waals surface area contributed by atoms with Crippen LogP contribution in [0.3, 0.4) is 0 Å². The number of hydrogen-bond acceptors (Lipinski definition) is 8. The van der Waals surface area contributed by atoms with E-state index in [2.05, 4.69) is 25.9 Å². The highest BCUT2D eigenvalue weighted by Crippen LogP contribution is 2.00. The average Bonchev–Trinajstić information content (AvgIpc) is 3.21. The third kappa shape index (κ3) is 8.79. The zero-order valence-corrected chi connectivity index (χ0v) is 16.7. The summed E-state index contributed by atoms with van der Waals surface area (Å²) in [5.41, 5.74) is 6.39. The van der Waals surface area contributed by atoms with Gasteiger partial charge in [0.25, 0.3) is 0 Å². The smallest absolute Gasteiger partial charge is 0.326 e. The first-order valence-electron chi connectivity index (χ1n) is 9.24.